The number of rotatable bonds is 4. The molecule has 0 aromatic carbocycles. The summed E-state index contributed by atoms with van der Waals surface area (Å²) in [7, 11) is 0. The Bertz CT molecular complexity index is 387. The molecule has 1 N–H and O–H groups in total. The molecular weight excluding hydrogens is 260 g/mol. The van der Waals surface area contributed by atoms with Gasteiger partial charge in [-0.25, -0.2) is 0 Å². The Labute approximate surface area is 131 Å². The van der Waals surface area contributed by atoms with Gasteiger partial charge in [-0.1, -0.05) is 34.6 Å². The average molecular weight is 296 g/mol. The summed E-state index contributed by atoms with van der Waals surface area (Å²) < 4.78 is 0. The second-order valence-electron chi connectivity index (χ2n) is 9.24. The second kappa shape index (κ2) is 5.57. The van der Waals surface area contributed by atoms with Crippen molar-refractivity contribution in [3.8, 4) is 0 Å². The first kappa shape index (κ1) is 18.5. The van der Waals surface area contributed by atoms with Crippen LogP contribution in [0, 0.1) is 5.41 Å². The molecule has 3 nitrogen and oxygen atoms in total. The van der Waals surface area contributed by atoms with Crippen molar-refractivity contribution in [2.45, 2.75) is 98.2 Å². The predicted octanol–water partition coefficient (Wildman–Crippen LogP) is 3.97. The standard InChI is InChI=1S/C18H36N2O/c1-10-18(11-2)14(21)20(13-16(6,7)19-18)17(8,9)12-15(3,4)5/h19H,10-13H2,1-9H3. The van der Waals surface area contributed by atoms with E-state index >= 15 is 0 Å². The number of piperazine rings is 1. The lowest BCUT2D eigenvalue weighted by Gasteiger charge is -2.55. The van der Waals surface area contributed by atoms with E-state index in [1.807, 2.05) is 0 Å². The molecule has 0 saturated carbocycles. The fraction of sp³-hybridized carbons (Fsp3) is 0.944. The van der Waals surface area contributed by atoms with E-state index in [1.165, 1.54) is 0 Å². The molecular formula is C18H36N2O. The van der Waals surface area contributed by atoms with E-state index in [1.54, 1.807) is 0 Å². The van der Waals surface area contributed by atoms with Crippen LogP contribution < -0.4 is 5.32 Å². The lowest BCUT2D eigenvalue weighted by molar-refractivity contribution is -0.154. The van der Waals surface area contributed by atoms with Crippen LogP contribution in [0.25, 0.3) is 0 Å². The van der Waals surface area contributed by atoms with Gasteiger partial charge in [-0.3, -0.25) is 10.1 Å². The van der Waals surface area contributed by atoms with Crippen LogP contribution in [0.1, 0.15) is 81.6 Å². The minimum Gasteiger partial charge on any atom is -0.334 e. The van der Waals surface area contributed by atoms with Gasteiger partial charge >= 0.3 is 0 Å². The molecule has 0 aromatic heterocycles. The van der Waals surface area contributed by atoms with E-state index in [0.717, 1.165) is 25.8 Å². The highest BCUT2D eigenvalue weighted by molar-refractivity contribution is 5.88. The Morgan fingerprint density at radius 1 is 1.10 bits per heavy atom. The van der Waals surface area contributed by atoms with Crippen molar-refractivity contribution >= 4 is 5.91 Å². The summed E-state index contributed by atoms with van der Waals surface area (Å²) in [6.45, 7) is 20.6. The third-order valence-corrected chi connectivity index (χ3v) is 4.69. The number of amides is 1. The topological polar surface area (TPSA) is 32.3 Å². The first-order chi connectivity index (χ1) is 9.29. The van der Waals surface area contributed by atoms with Crippen LogP contribution in [-0.4, -0.2) is 34.0 Å². The van der Waals surface area contributed by atoms with Crippen LogP contribution in [0.4, 0.5) is 0 Å². The van der Waals surface area contributed by atoms with Crippen LogP contribution in [0.2, 0.25) is 0 Å². The Hall–Kier alpha value is -0.570. The van der Waals surface area contributed by atoms with Crippen molar-refractivity contribution in [1.82, 2.24) is 10.2 Å². The quantitative estimate of drug-likeness (QED) is 0.851. The third kappa shape index (κ3) is 4.00. The highest BCUT2D eigenvalue weighted by Crippen LogP contribution is 2.37. The molecule has 1 aliphatic heterocycles. The van der Waals surface area contributed by atoms with E-state index in [2.05, 4.69) is 72.5 Å². The highest BCUT2D eigenvalue weighted by atomic mass is 16.2. The molecule has 0 bridgehead atoms. The van der Waals surface area contributed by atoms with Crippen molar-refractivity contribution in [3.05, 3.63) is 0 Å². The number of hydrogen-bond acceptors (Lipinski definition) is 2. The SMILES string of the molecule is CCC1(CC)NC(C)(C)CN(C(C)(C)CC(C)(C)C)C1=O. The van der Waals surface area contributed by atoms with Crippen molar-refractivity contribution in [2.75, 3.05) is 6.54 Å². The Balaban J connectivity index is 3.19. The molecule has 0 aliphatic carbocycles. The summed E-state index contributed by atoms with van der Waals surface area (Å²) in [5, 5.41) is 3.63. The van der Waals surface area contributed by atoms with Crippen LogP contribution in [0.5, 0.6) is 0 Å². The van der Waals surface area contributed by atoms with Gasteiger partial charge in [-0.05, 0) is 52.4 Å². The number of nitrogens with one attached hydrogen (secondary N) is 1. The molecule has 1 amide bonds. The van der Waals surface area contributed by atoms with Crippen LogP contribution in [0.3, 0.4) is 0 Å². The minimum absolute atomic E-state index is 0.0465. The van der Waals surface area contributed by atoms with E-state index in [4.69, 9.17) is 0 Å². The zero-order valence-electron chi connectivity index (χ0n) is 15.7. The maximum Gasteiger partial charge on any atom is 0.243 e. The first-order valence-corrected chi connectivity index (χ1v) is 8.40. The molecule has 124 valence electrons. The van der Waals surface area contributed by atoms with Crippen LogP contribution >= 0.6 is 0 Å². The Kier molecular flexibility index (Phi) is 4.90. The fourth-order valence-corrected chi connectivity index (χ4v) is 4.08. The van der Waals surface area contributed by atoms with Crippen molar-refractivity contribution in [3.63, 3.8) is 0 Å². The van der Waals surface area contributed by atoms with Crippen molar-refractivity contribution < 1.29 is 4.79 Å². The van der Waals surface area contributed by atoms with Crippen molar-refractivity contribution in [1.29, 1.82) is 0 Å². The molecule has 0 radical (unpaired) electrons. The zero-order valence-corrected chi connectivity index (χ0v) is 15.7. The summed E-state index contributed by atoms with van der Waals surface area (Å²) in [6.07, 6.45) is 2.69. The van der Waals surface area contributed by atoms with Gasteiger partial charge in [-0.15, -0.1) is 0 Å². The molecule has 3 heteroatoms. The molecule has 1 fully saturated rings. The second-order valence-corrected chi connectivity index (χ2v) is 9.24. The van der Waals surface area contributed by atoms with E-state index in [-0.39, 0.29) is 22.4 Å². The molecule has 21 heavy (non-hydrogen) atoms. The predicted molar refractivity (Wildman–Crippen MR) is 90.4 cm³/mol. The molecule has 0 spiro atoms. The maximum absolute atomic E-state index is 13.2. The number of hydrogen-bond donors (Lipinski definition) is 1. The lowest BCUT2D eigenvalue weighted by Crippen LogP contribution is -2.74. The monoisotopic (exact) mass is 296 g/mol. The third-order valence-electron chi connectivity index (χ3n) is 4.69. The zero-order chi connectivity index (χ0) is 16.7. The number of carbonyl (C=O) groups is 1. The van der Waals surface area contributed by atoms with Gasteiger partial charge in [0.15, 0.2) is 0 Å². The summed E-state index contributed by atoms with van der Waals surface area (Å²) >= 11 is 0. The minimum atomic E-state index is -0.406. The summed E-state index contributed by atoms with van der Waals surface area (Å²) in [5.41, 5.74) is -0.365. The van der Waals surface area contributed by atoms with Crippen molar-refractivity contribution in [2.24, 2.45) is 5.41 Å². The molecule has 0 atom stereocenters. The van der Waals surface area contributed by atoms with Gasteiger partial charge in [0, 0.05) is 17.6 Å². The summed E-state index contributed by atoms with van der Waals surface area (Å²) in [5.74, 6) is 0.279. The molecule has 0 aromatic rings. The Morgan fingerprint density at radius 2 is 1.57 bits per heavy atom. The van der Waals surface area contributed by atoms with Gasteiger partial charge < -0.3 is 4.90 Å². The summed E-state index contributed by atoms with van der Waals surface area (Å²) in [6, 6.07) is 0. The van der Waals surface area contributed by atoms with Crippen LogP contribution in [0.15, 0.2) is 0 Å². The first-order valence-electron chi connectivity index (χ1n) is 8.40. The van der Waals surface area contributed by atoms with Crippen LogP contribution in [-0.2, 0) is 4.79 Å². The smallest absolute Gasteiger partial charge is 0.243 e. The molecule has 1 aliphatic rings. The Morgan fingerprint density at radius 3 is 1.95 bits per heavy atom. The van der Waals surface area contributed by atoms with Gasteiger partial charge in [0.05, 0.1) is 5.54 Å². The molecule has 0 unspecified atom stereocenters. The number of nitrogens with zero attached hydrogens (tertiary/aromatic N) is 1. The maximum atomic E-state index is 13.2. The fourth-order valence-electron chi connectivity index (χ4n) is 4.08. The largest absolute Gasteiger partial charge is 0.334 e. The van der Waals surface area contributed by atoms with E-state index < -0.39 is 5.54 Å². The number of carbonyl (C=O) groups excluding carboxylic acids is 1. The van der Waals surface area contributed by atoms with E-state index in [0.29, 0.717) is 0 Å². The molecule has 1 heterocycles. The summed E-state index contributed by atoms with van der Waals surface area (Å²) in [4.78, 5) is 15.3. The molecule has 1 rings (SSSR count). The normalized spacial score (nSPS) is 22.5. The van der Waals surface area contributed by atoms with Gasteiger partial charge in [0.25, 0.3) is 0 Å². The average Bonchev–Trinajstić information content (AvgIpc) is 2.28. The van der Waals surface area contributed by atoms with E-state index in [9.17, 15) is 4.79 Å². The van der Waals surface area contributed by atoms with Gasteiger partial charge in [0.2, 0.25) is 5.91 Å². The van der Waals surface area contributed by atoms with Gasteiger partial charge in [-0.2, -0.15) is 0 Å². The van der Waals surface area contributed by atoms with Gasteiger partial charge in [0.1, 0.15) is 0 Å². The molecule has 1 saturated heterocycles. The lowest BCUT2D eigenvalue weighted by atomic mass is 9.76. The highest BCUT2D eigenvalue weighted by Gasteiger charge is 2.51.